The van der Waals surface area contributed by atoms with Crippen molar-refractivity contribution in [3.8, 4) is 0 Å². The van der Waals surface area contributed by atoms with Crippen LogP contribution in [0, 0.1) is 6.92 Å². The van der Waals surface area contributed by atoms with Crippen LogP contribution in [0.1, 0.15) is 57.6 Å². The van der Waals surface area contributed by atoms with Crippen LogP contribution in [0.4, 0.5) is 5.69 Å². The number of benzene rings is 1. The summed E-state index contributed by atoms with van der Waals surface area (Å²) in [6.45, 7) is 10.7. The van der Waals surface area contributed by atoms with E-state index in [1.807, 2.05) is 32.0 Å². The molecule has 6 nitrogen and oxygen atoms in total. The molecule has 2 rings (SSSR count). The number of thioether (sulfide) groups is 1. The van der Waals surface area contributed by atoms with Crippen molar-refractivity contribution in [2.75, 3.05) is 5.32 Å². The van der Waals surface area contributed by atoms with E-state index in [0.717, 1.165) is 29.7 Å². The molecule has 1 atom stereocenters. The summed E-state index contributed by atoms with van der Waals surface area (Å²) < 4.78 is 1.60. The number of aryl methyl sites for hydroxylation is 1. The molecule has 1 heterocycles. The number of amides is 1. The van der Waals surface area contributed by atoms with Crippen LogP contribution < -0.4 is 11.0 Å². The zero-order valence-corrected chi connectivity index (χ0v) is 16.9. The van der Waals surface area contributed by atoms with Crippen molar-refractivity contribution < 1.29 is 4.79 Å². The van der Waals surface area contributed by atoms with Crippen molar-refractivity contribution in [1.82, 2.24) is 14.8 Å². The molecule has 1 unspecified atom stereocenters. The minimum absolute atomic E-state index is 0.0938. The van der Waals surface area contributed by atoms with Crippen molar-refractivity contribution in [3.05, 3.63) is 39.8 Å². The highest BCUT2D eigenvalue weighted by Gasteiger charge is 2.21. The van der Waals surface area contributed by atoms with Gasteiger partial charge in [0.05, 0.1) is 5.25 Å². The fourth-order valence-corrected chi connectivity index (χ4v) is 3.57. The number of hydrogen-bond donors (Lipinski definition) is 2. The van der Waals surface area contributed by atoms with E-state index in [-0.39, 0.29) is 16.8 Å². The fourth-order valence-electron chi connectivity index (χ4n) is 2.69. The average Bonchev–Trinajstić information content (AvgIpc) is 2.94. The van der Waals surface area contributed by atoms with Crippen LogP contribution >= 0.6 is 11.8 Å². The van der Waals surface area contributed by atoms with Crippen LogP contribution in [0.5, 0.6) is 0 Å². The van der Waals surface area contributed by atoms with Crippen molar-refractivity contribution in [1.29, 1.82) is 0 Å². The lowest BCUT2D eigenvalue weighted by atomic mass is 9.98. The molecule has 0 radical (unpaired) electrons. The van der Waals surface area contributed by atoms with Gasteiger partial charge in [0.2, 0.25) is 5.91 Å². The number of carbonyl (C=O) groups excluding carboxylic acids is 1. The number of rotatable bonds is 8. The number of unbranched alkanes of at least 4 members (excludes halogenated alkanes) is 1. The molecule has 0 saturated carbocycles. The Kier molecular flexibility index (Phi) is 7.08. The number of para-hydroxylation sites is 1. The predicted octanol–water partition coefficient (Wildman–Crippen LogP) is 3.92. The Labute approximate surface area is 158 Å². The maximum absolute atomic E-state index is 12.7. The van der Waals surface area contributed by atoms with Crippen LogP contribution in [0.2, 0.25) is 0 Å². The van der Waals surface area contributed by atoms with Crippen molar-refractivity contribution in [3.63, 3.8) is 0 Å². The Morgan fingerprint density at radius 3 is 2.73 bits per heavy atom. The van der Waals surface area contributed by atoms with Gasteiger partial charge in [-0.3, -0.25) is 9.36 Å². The largest absolute Gasteiger partial charge is 0.343 e. The summed E-state index contributed by atoms with van der Waals surface area (Å²) in [6, 6.07) is 6.05. The van der Waals surface area contributed by atoms with Gasteiger partial charge >= 0.3 is 5.69 Å². The number of nitrogens with zero attached hydrogens (tertiary/aromatic N) is 2. The summed E-state index contributed by atoms with van der Waals surface area (Å²) in [5.74, 6) is 0.224. The van der Waals surface area contributed by atoms with Crippen molar-refractivity contribution in [2.24, 2.45) is 0 Å². The number of aromatic amines is 1. The molecule has 1 amide bonds. The Hall–Kier alpha value is -2.02. The highest BCUT2D eigenvalue weighted by atomic mass is 32.2. The van der Waals surface area contributed by atoms with E-state index in [1.54, 1.807) is 4.57 Å². The normalized spacial score (nSPS) is 12.4. The number of H-pyrrole nitrogens is 1. The number of aromatic nitrogens is 3. The standard InChI is InChI=1S/C19H28N4O2S/c1-6-7-11-23-18(25)21-22-19(23)26-14(5)17(24)20-16-13(4)9-8-10-15(16)12(2)3/h8-10,12,14H,6-7,11H2,1-5H3,(H,20,24)(H,21,25). The molecule has 0 saturated heterocycles. The smallest absolute Gasteiger partial charge is 0.325 e. The molecular weight excluding hydrogens is 348 g/mol. The zero-order chi connectivity index (χ0) is 19.3. The molecule has 2 N–H and O–H groups in total. The van der Waals surface area contributed by atoms with Gasteiger partial charge in [-0.05, 0) is 37.3 Å². The van der Waals surface area contributed by atoms with E-state index < -0.39 is 0 Å². The summed E-state index contributed by atoms with van der Waals surface area (Å²) in [5.41, 5.74) is 2.82. The summed E-state index contributed by atoms with van der Waals surface area (Å²) in [7, 11) is 0. The van der Waals surface area contributed by atoms with E-state index in [9.17, 15) is 9.59 Å². The molecule has 26 heavy (non-hydrogen) atoms. The molecule has 0 fully saturated rings. The zero-order valence-electron chi connectivity index (χ0n) is 16.1. The van der Waals surface area contributed by atoms with Gasteiger partial charge in [0.15, 0.2) is 5.16 Å². The van der Waals surface area contributed by atoms with Gasteiger partial charge in [0.1, 0.15) is 0 Å². The third kappa shape index (κ3) is 4.78. The molecule has 2 aromatic rings. The lowest BCUT2D eigenvalue weighted by molar-refractivity contribution is -0.115. The first-order chi connectivity index (χ1) is 12.3. The first-order valence-corrected chi connectivity index (χ1v) is 9.95. The molecule has 0 spiro atoms. The van der Waals surface area contributed by atoms with Gasteiger partial charge in [-0.25, -0.2) is 9.89 Å². The number of carbonyl (C=O) groups is 1. The SMILES string of the molecule is CCCCn1c(SC(C)C(=O)Nc2c(C)cccc2C(C)C)n[nH]c1=O. The summed E-state index contributed by atoms with van der Waals surface area (Å²) in [4.78, 5) is 24.6. The van der Waals surface area contributed by atoms with Crippen molar-refractivity contribution in [2.45, 2.75) is 70.3 Å². The second-order valence-electron chi connectivity index (χ2n) is 6.76. The molecule has 1 aromatic carbocycles. The van der Waals surface area contributed by atoms with Gasteiger partial charge in [0.25, 0.3) is 0 Å². The predicted molar refractivity (Wildman–Crippen MR) is 107 cm³/mol. The Morgan fingerprint density at radius 2 is 2.08 bits per heavy atom. The van der Waals surface area contributed by atoms with E-state index >= 15 is 0 Å². The maximum atomic E-state index is 12.7. The molecule has 0 aliphatic heterocycles. The highest BCUT2D eigenvalue weighted by molar-refractivity contribution is 8.00. The topological polar surface area (TPSA) is 79.8 Å². The van der Waals surface area contributed by atoms with Crippen LogP contribution in [0.25, 0.3) is 0 Å². The second kappa shape index (κ2) is 9.07. The summed E-state index contributed by atoms with van der Waals surface area (Å²) >= 11 is 1.30. The Balaban J connectivity index is 2.14. The van der Waals surface area contributed by atoms with Gasteiger partial charge in [-0.15, -0.1) is 5.10 Å². The molecule has 0 aliphatic carbocycles. The average molecular weight is 377 g/mol. The first kappa shape index (κ1) is 20.3. The minimum Gasteiger partial charge on any atom is -0.325 e. The van der Waals surface area contributed by atoms with Crippen molar-refractivity contribution >= 4 is 23.4 Å². The fraction of sp³-hybridized carbons (Fsp3) is 0.526. The summed E-state index contributed by atoms with van der Waals surface area (Å²) in [6.07, 6.45) is 1.89. The molecule has 1 aromatic heterocycles. The van der Waals surface area contributed by atoms with Gasteiger partial charge < -0.3 is 5.32 Å². The molecule has 142 valence electrons. The van der Waals surface area contributed by atoms with Crippen LogP contribution in [-0.4, -0.2) is 25.9 Å². The first-order valence-electron chi connectivity index (χ1n) is 9.07. The third-order valence-electron chi connectivity index (χ3n) is 4.29. The Morgan fingerprint density at radius 1 is 1.35 bits per heavy atom. The number of hydrogen-bond acceptors (Lipinski definition) is 4. The quantitative estimate of drug-likeness (QED) is 0.684. The molecular formula is C19H28N4O2S. The Bertz CT molecular complexity index is 810. The lowest BCUT2D eigenvalue weighted by Gasteiger charge is -2.18. The van der Waals surface area contributed by atoms with Crippen LogP contribution in [0.3, 0.4) is 0 Å². The maximum Gasteiger partial charge on any atom is 0.343 e. The number of nitrogens with one attached hydrogen (secondary N) is 2. The van der Waals surface area contributed by atoms with Gasteiger partial charge in [0, 0.05) is 12.2 Å². The monoisotopic (exact) mass is 376 g/mol. The van der Waals surface area contributed by atoms with Crippen LogP contribution in [0.15, 0.2) is 28.2 Å². The molecule has 7 heteroatoms. The summed E-state index contributed by atoms with van der Waals surface area (Å²) in [5, 5.41) is 9.80. The number of anilines is 1. The van der Waals surface area contributed by atoms with Gasteiger partial charge in [-0.1, -0.05) is 57.2 Å². The van der Waals surface area contributed by atoms with Gasteiger partial charge in [-0.2, -0.15) is 0 Å². The highest BCUT2D eigenvalue weighted by Crippen LogP contribution is 2.29. The van der Waals surface area contributed by atoms with E-state index in [0.29, 0.717) is 17.6 Å². The van der Waals surface area contributed by atoms with E-state index in [2.05, 4.69) is 36.3 Å². The molecule has 0 bridgehead atoms. The third-order valence-corrected chi connectivity index (χ3v) is 5.38. The lowest BCUT2D eigenvalue weighted by Crippen LogP contribution is -2.25. The van der Waals surface area contributed by atoms with E-state index in [1.165, 1.54) is 11.8 Å². The van der Waals surface area contributed by atoms with E-state index in [4.69, 9.17) is 0 Å². The second-order valence-corrected chi connectivity index (χ2v) is 8.07. The molecule has 0 aliphatic rings. The van der Waals surface area contributed by atoms with Crippen LogP contribution in [-0.2, 0) is 11.3 Å². The minimum atomic E-state index is -0.370.